The van der Waals surface area contributed by atoms with E-state index >= 15 is 0 Å². The molecule has 0 atom stereocenters. The summed E-state index contributed by atoms with van der Waals surface area (Å²) in [6, 6.07) is 17.0. The molecule has 0 saturated carbocycles. The Morgan fingerprint density at radius 1 is 0.795 bits per heavy atom. The third-order valence-electron chi connectivity index (χ3n) is 6.47. The van der Waals surface area contributed by atoms with Crippen molar-refractivity contribution in [3.63, 3.8) is 0 Å². The maximum absolute atomic E-state index is 5.87. The first-order valence-corrected chi connectivity index (χ1v) is 18.8. The average Bonchev–Trinajstić information content (AvgIpc) is 3.25. The number of hydrogen-bond donors (Lipinski definition) is 0. The van der Waals surface area contributed by atoms with Gasteiger partial charge < -0.3 is 9.80 Å². The molecule has 1 aliphatic heterocycles. The van der Waals surface area contributed by atoms with Crippen LogP contribution in [0.25, 0.3) is 0 Å². The second kappa shape index (κ2) is 13.7. The SMILES string of the molecule is CC(C)(C)COc1ccccc1[CH]=[Ru]([Cl])[Cl].Cc1cc(C)c(N2[CH-]N(c3c(C)cc(C)cc3C)CC2)c(C)c1. The van der Waals surface area contributed by atoms with Crippen LogP contribution in [0.15, 0.2) is 48.5 Å². The van der Waals surface area contributed by atoms with Crippen LogP contribution < -0.4 is 14.5 Å². The van der Waals surface area contributed by atoms with E-state index in [9.17, 15) is 0 Å². The summed E-state index contributed by atoms with van der Waals surface area (Å²) in [6.45, 7) is 24.7. The molecule has 39 heavy (non-hydrogen) atoms. The van der Waals surface area contributed by atoms with E-state index in [2.05, 4.69) is 103 Å². The van der Waals surface area contributed by atoms with Crippen LogP contribution in [-0.2, 0) is 13.5 Å². The van der Waals surface area contributed by atoms with Gasteiger partial charge in [0, 0.05) is 24.5 Å². The van der Waals surface area contributed by atoms with E-state index in [1.807, 2.05) is 28.9 Å². The fourth-order valence-corrected chi connectivity index (χ4v) is 6.97. The smallest absolute Gasteiger partial charge is 0.0146 e. The topological polar surface area (TPSA) is 15.7 Å². The Bertz CT molecular complexity index is 1220. The van der Waals surface area contributed by atoms with Crippen molar-refractivity contribution in [1.29, 1.82) is 0 Å². The van der Waals surface area contributed by atoms with Gasteiger partial charge in [0.1, 0.15) is 0 Å². The van der Waals surface area contributed by atoms with Crippen molar-refractivity contribution >= 4 is 35.4 Å². The Hall–Kier alpha value is -1.87. The normalized spacial score (nSPS) is 13.7. The van der Waals surface area contributed by atoms with Gasteiger partial charge in [-0.25, -0.2) is 0 Å². The molecule has 1 fully saturated rings. The zero-order valence-electron chi connectivity index (χ0n) is 24.8. The van der Waals surface area contributed by atoms with Gasteiger partial charge in [-0.2, -0.15) is 6.67 Å². The van der Waals surface area contributed by atoms with E-state index in [1.165, 1.54) is 44.8 Å². The van der Waals surface area contributed by atoms with Crippen molar-refractivity contribution in [2.24, 2.45) is 5.41 Å². The second-order valence-corrected chi connectivity index (χ2v) is 17.4. The van der Waals surface area contributed by atoms with Crippen LogP contribution >= 0.6 is 19.4 Å². The maximum Gasteiger partial charge on any atom is 0.0146 e. The summed E-state index contributed by atoms with van der Waals surface area (Å²) in [7, 11) is 11.7. The molecule has 0 bridgehead atoms. The molecule has 0 aliphatic carbocycles. The van der Waals surface area contributed by atoms with Gasteiger partial charge in [-0.05, 0) is 63.8 Å². The average molecular weight is 656 g/mol. The molecule has 0 N–H and O–H groups in total. The summed E-state index contributed by atoms with van der Waals surface area (Å²) < 4.78 is 7.69. The Morgan fingerprint density at radius 3 is 1.64 bits per heavy atom. The summed E-state index contributed by atoms with van der Waals surface area (Å²) in [6.07, 6.45) is 0. The Balaban J connectivity index is 0.000000231. The molecule has 3 nitrogen and oxygen atoms in total. The number of ether oxygens (including phenoxy) is 1. The molecule has 3 aromatic rings. The van der Waals surface area contributed by atoms with E-state index in [-0.39, 0.29) is 5.41 Å². The molecule has 1 heterocycles. The molecule has 0 spiro atoms. The van der Waals surface area contributed by atoms with Gasteiger partial charge in [-0.15, -0.1) is 0 Å². The zero-order valence-corrected chi connectivity index (χ0v) is 28.1. The largest absolute Gasteiger partial charge is 0.502 e. The number of aryl methyl sites for hydroxylation is 6. The molecule has 6 heteroatoms. The molecule has 0 amide bonds. The number of rotatable bonds is 5. The van der Waals surface area contributed by atoms with E-state index in [4.69, 9.17) is 24.1 Å². The van der Waals surface area contributed by atoms with Gasteiger partial charge in [-0.1, -0.05) is 35.4 Å². The summed E-state index contributed by atoms with van der Waals surface area (Å²) in [5, 5.41) is 0. The monoisotopic (exact) mass is 655 g/mol. The standard InChI is InChI=1S/C21H27N2.C12H16O.2ClH.Ru/c1-14-9-16(3)20(17(4)10-14)22-7-8-23(13-22)21-18(5)11-15(2)12-19(21)6;1-10-7-5-6-8-11(10)13-9-12(2,3)4;;;/h9-13H,7-8H2,1-6H3;1,5-8H,9H2,2-4H3;2*1H;/q-1;;;;+2/p-2. The van der Waals surface area contributed by atoms with Gasteiger partial charge in [0.05, 0.1) is 0 Å². The second-order valence-electron chi connectivity index (χ2n) is 11.7. The Labute approximate surface area is 249 Å². The zero-order chi connectivity index (χ0) is 28.9. The number of anilines is 2. The molecule has 0 unspecified atom stereocenters. The number of para-hydroxylation sites is 1. The van der Waals surface area contributed by atoms with Crippen LogP contribution in [0.2, 0.25) is 0 Å². The summed E-state index contributed by atoms with van der Waals surface area (Å²) in [5.74, 6) is 0.859. The number of halogens is 2. The first-order chi connectivity index (χ1) is 18.2. The van der Waals surface area contributed by atoms with Crippen LogP contribution in [0, 0.1) is 53.6 Å². The Kier molecular flexibility index (Phi) is 11.1. The van der Waals surface area contributed by atoms with Crippen molar-refractivity contribution in [2.45, 2.75) is 62.3 Å². The van der Waals surface area contributed by atoms with E-state index in [1.54, 1.807) is 0 Å². The number of hydrogen-bond acceptors (Lipinski definition) is 3. The molecule has 0 aromatic heterocycles. The van der Waals surface area contributed by atoms with Gasteiger partial charge in [0.25, 0.3) is 0 Å². The van der Waals surface area contributed by atoms with E-state index < -0.39 is 13.5 Å². The van der Waals surface area contributed by atoms with Crippen molar-refractivity contribution in [3.8, 4) is 5.75 Å². The molecule has 0 radical (unpaired) electrons. The molecule has 214 valence electrons. The van der Waals surface area contributed by atoms with Gasteiger partial charge in [0.2, 0.25) is 0 Å². The molecule has 4 rings (SSSR count). The molecule has 3 aromatic carbocycles. The van der Waals surface area contributed by atoms with Gasteiger partial charge in [0.15, 0.2) is 0 Å². The number of nitrogens with zero attached hydrogens (tertiary/aromatic N) is 2. The summed E-state index contributed by atoms with van der Waals surface area (Å²) in [4.78, 5) is 4.81. The third kappa shape index (κ3) is 9.07. The van der Waals surface area contributed by atoms with Gasteiger partial charge in [-0.3, -0.25) is 0 Å². The van der Waals surface area contributed by atoms with Crippen LogP contribution in [0.1, 0.15) is 59.7 Å². The molecular formula is C33H43Cl2N2ORu-. The van der Waals surface area contributed by atoms with Crippen molar-refractivity contribution in [1.82, 2.24) is 0 Å². The molecule has 1 saturated heterocycles. The van der Waals surface area contributed by atoms with E-state index in [0.717, 1.165) is 24.4 Å². The first kappa shape index (κ1) is 31.7. The minimum atomic E-state index is -1.79. The third-order valence-corrected chi connectivity index (χ3v) is 8.31. The fraction of sp³-hybridized carbons (Fsp3) is 0.394. The van der Waals surface area contributed by atoms with Crippen molar-refractivity contribution < 1.29 is 18.3 Å². The fourth-order valence-electron chi connectivity index (χ4n) is 5.16. The van der Waals surface area contributed by atoms with Crippen LogP contribution in [0.3, 0.4) is 0 Å². The minimum Gasteiger partial charge on any atom is -0.502 e. The van der Waals surface area contributed by atoms with Crippen molar-refractivity contribution in [2.75, 3.05) is 29.5 Å². The van der Waals surface area contributed by atoms with Crippen LogP contribution in [-0.4, -0.2) is 24.3 Å². The number of benzene rings is 3. The predicted octanol–water partition coefficient (Wildman–Crippen LogP) is 9.17. The van der Waals surface area contributed by atoms with Crippen molar-refractivity contribution in [3.05, 3.63) is 94.1 Å². The predicted molar refractivity (Wildman–Crippen MR) is 169 cm³/mol. The first-order valence-electron chi connectivity index (χ1n) is 13.3. The van der Waals surface area contributed by atoms with E-state index in [0.29, 0.717) is 6.61 Å². The quantitative estimate of drug-likeness (QED) is 0.202. The van der Waals surface area contributed by atoms with Crippen LogP contribution in [0.4, 0.5) is 11.4 Å². The summed E-state index contributed by atoms with van der Waals surface area (Å²) in [5.41, 5.74) is 12.0. The maximum atomic E-state index is 5.87. The molecular weight excluding hydrogens is 612 g/mol. The Morgan fingerprint density at radius 2 is 1.23 bits per heavy atom. The minimum absolute atomic E-state index is 0.145. The van der Waals surface area contributed by atoms with Crippen LogP contribution in [0.5, 0.6) is 5.75 Å². The molecule has 1 aliphatic rings. The summed E-state index contributed by atoms with van der Waals surface area (Å²) >= 11 is -1.79. The van der Waals surface area contributed by atoms with Gasteiger partial charge >= 0.3 is 111 Å².